The maximum atomic E-state index is 11.5. The van der Waals surface area contributed by atoms with Crippen molar-refractivity contribution in [3.63, 3.8) is 0 Å². The van der Waals surface area contributed by atoms with Gasteiger partial charge in [0.1, 0.15) is 0 Å². The van der Waals surface area contributed by atoms with E-state index in [2.05, 4.69) is 40.7 Å². The molecule has 2 saturated carbocycles. The zero-order valence-corrected chi connectivity index (χ0v) is 18.3. The molecule has 2 aliphatic carbocycles. The normalized spacial score (nSPS) is 26.3. The van der Waals surface area contributed by atoms with Gasteiger partial charge in [-0.15, -0.1) is 0 Å². The smallest absolute Gasteiger partial charge is 0.373 e. The Balaban J connectivity index is 0.000000466. The quantitative estimate of drug-likeness (QED) is 0.431. The summed E-state index contributed by atoms with van der Waals surface area (Å²) < 4.78 is 9.97. The van der Waals surface area contributed by atoms with Crippen LogP contribution in [-0.2, 0) is 23.9 Å². The van der Waals surface area contributed by atoms with Gasteiger partial charge in [-0.1, -0.05) is 46.3 Å². The maximum absolute atomic E-state index is 11.5. The molecular weight excluding hydrogens is 360 g/mol. The van der Waals surface area contributed by atoms with Crippen LogP contribution in [-0.4, -0.2) is 37.6 Å². The average molecular weight is 397 g/mol. The second-order valence-electron chi connectivity index (χ2n) is 8.14. The van der Waals surface area contributed by atoms with Crippen molar-refractivity contribution in [2.75, 3.05) is 20.3 Å². The minimum absolute atomic E-state index is 0.0161. The molecule has 6 heteroatoms. The van der Waals surface area contributed by atoms with Crippen LogP contribution in [0.5, 0.6) is 0 Å². The number of aliphatic hydroxyl groups excluding tert-OH is 1. The largest absolute Gasteiger partial charge is 0.504 e. The number of aliphatic hydroxyl groups is 1. The van der Waals surface area contributed by atoms with Crippen molar-refractivity contribution in [1.82, 2.24) is 0 Å². The lowest BCUT2D eigenvalue weighted by Gasteiger charge is -2.46. The third-order valence-electron chi connectivity index (χ3n) is 5.94. The lowest BCUT2D eigenvalue weighted by Crippen LogP contribution is -2.43. The fraction of sp³-hybridized carbons (Fsp3) is 0.727. The Hall–Kier alpha value is -1.91. The molecule has 160 valence electrons. The molecule has 0 aromatic carbocycles. The van der Waals surface area contributed by atoms with E-state index in [1.165, 1.54) is 11.1 Å². The molecule has 1 N–H and O–H groups in total. The second kappa shape index (κ2) is 11.8. The topological polar surface area (TPSA) is 89.9 Å². The summed E-state index contributed by atoms with van der Waals surface area (Å²) >= 11 is 0. The first kappa shape index (κ1) is 26.1. The third kappa shape index (κ3) is 6.32. The molecule has 0 radical (unpaired) electrons. The van der Waals surface area contributed by atoms with Gasteiger partial charge in [-0.3, -0.25) is 4.79 Å². The van der Waals surface area contributed by atoms with Gasteiger partial charge >= 0.3 is 12.1 Å². The van der Waals surface area contributed by atoms with Gasteiger partial charge in [-0.25, -0.2) is 0 Å². The van der Waals surface area contributed by atoms with E-state index < -0.39 is 0 Å². The van der Waals surface area contributed by atoms with Crippen LogP contribution in [0, 0.1) is 22.7 Å². The zero-order chi connectivity index (χ0) is 22.0. The number of rotatable bonds is 5. The van der Waals surface area contributed by atoms with Crippen molar-refractivity contribution in [1.29, 1.82) is 0 Å². The van der Waals surface area contributed by atoms with Crippen LogP contribution in [0.15, 0.2) is 23.5 Å². The molecule has 0 spiro atoms. The fourth-order valence-electron chi connectivity index (χ4n) is 3.59. The predicted molar refractivity (Wildman–Crippen MR) is 106 cm³/mol. The zero-order valence-electron chi connectivity index (χ0n) is 18.3. The van der Waals surface area contributed by atoms with Crippen LogP contribution in [0.25, 0.3) is 0 Å². The Labute approximate surface area is 169 Å². The standard InChI is InChI=1S/C12H20O2.C9H16O2.CO2/c1-5-7-9-8-10(12(9,3)4)11(13)14-6-2;1-9(2)7(5-10)4-8(9)6-11-3;2-1-3/h7,10H,5-6,8H2,1-4H3;6-7,10H,4-5H2,1-3H3;. The first-order valence-electron chi connectivity index (χ1n) is 9.76. The molecule has 0 saturated heterocycles. The molecule has 0 aromatic rings. The highest BCUT2D eigenvalue weighted by Crippen LogP contribution is 2.51. The molecule has 0 amide bonds. The average Bonchev–Trinajstić information content (AvgIpc) is 2.62. The molecule has 2 atom stereocenters. The summed E-state index contributed by atoms with van der Waals surface area (Å²) in [7, 11) is 1.66. The van der Waals surface area contributed by atoms with E-state index >= 15 is 0 Å². The molecular formula is C22H36O6. The summed E-state index contributed by atoms with van der Waals surface area (Å²) in [5.41, 5.74) is 2.87. The summed E-state index contributed by atoms with van der Waals surface area (Å²) in [5.74, 6) is 0.454. The van der Waals surface area contributed by atoms with Crippen molar-refractivity contribution in [2.24, 2.45) is 22.7 Å². The number of carbonyl (C=O) groups is 1. The molecule has 6 nitrogen and oxygen atoms in total. The third-order valence-corrected chi connectivity index (χ3v) is 5.94. The minimum atomic E-state index is -0.0363. The van der Waals surface area contributed by atoms with Crippen LogP contribution in [0.1, 0.15) is 60.8 Å². The number of esters is 1. The molecule has 0 aromatic heterocycles. The first-order valence-corrected chi connectivity index (χ1v) is 9.76. The molecule has 0 heterocycles. The number of allylic oxidation sites excluding steroid dienone is 3. The van der Waals surface area contributed by atoms with Crippen molar-refractivity contribution >= 4 is 12.1 Å². The SMILES string of the molecule is CCC=C1CC(C(=O)OCC)C1(C)C.COC=C1CC(CO)C1(C)C.O=C=O. The molecule has 2 fully saturated rings. The second-order valence-corrected chi connectivity index (χ2v) is 8.14. The van der Waals surface area contributed by atoms with Crippen molar-refractivity contribution in [3.8, 4) is 0 Å². The summed E-state index contributed by atoms with van der Waals surface area (Å²) in [6, 6.07) is 0. The van der Waals surface area contributed by atoms with Gasteiger partial charge in [0.2, 0.25) is 0 Å². The van der Waals surface area contributed by atoms with E-state index in [1.54, 1.807) is 13.4 Å². The highest BCUT2D eigenvalue weighted by atomic mass is 16.5. The Morgan fingerprint density at radius 2 is 1.71 bits per heavy atom. The van der Waals surface area contributed by atoms with E-state index in [1.807, 2.05) is 6.92 Å². The Morgan fingerprint density at radius 1 is 1.14 bits per heavy atom. The molecule has 2 rings (SSSR count). The van der Waals surface area contributed by atoms with Crippen molar-refractivity contribution in [2.45, 2.75) is 60.8 Å². The molecule has 28 heavy (non-hydrogen) atoms. The summed E-state index contributed by atoms with van der Waals surface area (Å²) in [4.78, 5) is 27.8. The van der Waals surface area contributed by atoms with Gasteiger partial charge in [-0.05, 0) is 48.5 Å². The Kier molecular flexibility index (Phi) is 11.0. The molecule has 0 aliphatic heterocycles. The Morgan fingerprint density at radius 3 is 2.07 bits per heavy atom. The van der Waals surface area contributed by atoms with Crippen LogP contribution < -0.4 is 0 Å². The molecule has 0 bridgehead atoms. The first-order chi connectivity index (χ1) is 13.1. The van der Waals surface area contributed by atoms with Crippen molar-refractivity contribution in [3.05, 3.63) is 23.5 Å². The number of hydrogen-bond donors (Lipinski definition) is 1. The Bertz CT molecular complexity index is 594. The highest BCUT2D eigenvalue weighted by molar-refractivity contribution is 5.76. The van der Waals surface area contributed by atoms with Gasteiger partial charge in [0.15, 0.2) is 0 Å². The van der Waals surface area contributed by atoms with Gasteiger partial charge in [0.05, 0.1) is 25.9 Å². The highest BCUT2D eigenvalue weighted by Gasteiger charge is 2.48. The van der Waals surface area contributed by atoms with Crippen LogP contribution in [0.2, 0.25) is 0 Å². The lowest BCUT2D eigenvalue weighted by molar-refractivity contribution is -0.191. The molecule has 2 aliphatic rings. The van der Waals surface area contributed by atoms with E-state index in [9.17, 15) is 4.79 Å². The summed E-state index contributed by atoms with van der Waals surface area (Å²) in [6.07, 6.45) is 7.20. The number of hydrogen-bond acceptors (Lipinski definition) is 6. The van der Waals surface area contributed by atoms with Crippen LogP contribution >= 0.6 is 0 Å². The summed E-state index contributed by atoms with van der Waals surface area (Å²) in [5, 5.41) is 8.94. The van der Waals surface area contributed by atoms with Gasteiger partial charge in [0.25, 0.3) is 0 Å². The van der Waals surface area contributed by atoms with Crippen LogP contribution in [0.3, 0.4) is 0 Å². The number of carbonyl (C=O) groups excluding carboxylic acids is 3. The van der Waals surface area contributed by atoms with E-state index in [0.29, 0.717) is 12.5 Å². The van der Waals surface area contributed by atoms with Gasteiger partial charge < -0.3 is 14.6 Å². The van der Waals surface area contributed by atoms with E-state index in [-0.39, 0.29) is 35.5 Å². The monoisotopic (exact) mass is 396 g/mol. The van der Waals surface area contributed by atoms with Gasteiger partial charge in [0, 0.05) is 6.61 Å². The van der Waals surface area contributed by atoms with Crippen molar-refractivity contribution < 1.29 is 29.0 Å². The maximum Gasteiger partial charge on any atom is 0.373 e. The summed E-state index contributed by atoms with van der Waals surface area (Å²) in [6.45, 7) is 13.3. The van der Waals surface area contributed by atoms with Crippen LogP contribution in [0.4, 0.5) is 0 Å². The predicted octanol–water partition coefficient (Wildman–Crippen LogP) is 3.90. The van der Waals surface area contributed by atoms with E-state index in [0.717, 1.165) is 19.3 Å². The van der Waals surface area contributed by atoms with E-state index in [4.69, 9.17) is 24.2 Å². The molecule has 2 unspecified atom stereocenters. The fourth-order valence-corrected chi connectivity index (χ4v) is 3.59. The minimum Gasteiger partial charge on any atom is -0.504 e. The number of methoxy groups -OCH3 is 1. The van der Waals surface area contributed by atoms with Gasteiger partial charge in [-0.2, -0.15) is 9.59 Å². The lowest BCUT2D eigenvalue weighted by atomic mass is 9.58. The number of ether oxygens (including phenoxy) is 2.